The van der Waals surface area contributed by atoms with Crippen molar-refractivity contribution in [2.24, 2.45) is 13.0 Å². The summed E-state index contributed by atoms with van der Waals surface area (Å²) in [6.45, 7) is 0.934. The van der Waals surface area contributed by atoms with Gasteiger partial charge in [0.25, 0.3) is 5.91 Å². The summed E-state index contributed by atoms with van der Waals surface area (Å²) in [4.78, 5) is 26.0. The molecule has 1 aromatic heterocycles. The molecule has 6 nitrogen and oxygen atoms in total. The Balaban J connectivity index is 1.39. The molecule has 7 heteroatoms. The molecular formula is C20H24ClN3O3. The monoisotopic (exact) mass is 389 g/mol. The van der Waals surface area contributed by atoms with Crippen LogP contribution in [-0.2, 0) is 11.8 Å². The normalized spacial score (nSPS) is 22.0. The molecule has 0 radical (unpaired) electrons. The second kappa shape index (κ2) is 7.17. The van der Waals surface area contributed by atoms with E-state index in [4.69, 9.17) is 16.7 Å². The smallest absolute Gasteiger partial charge is 0.317 e. The summed E-state index contributed by atoms with van der Waals surface area (Å²) >= 11 is 6.45. The molecule has 0 saturated heterocycles. The summed E-state index contributed by atoms with van der Waals surface area (Å²) in [5, 5.41) is 13.6. The summed E-state index contributed by atoms with van der Waals surface area (Å²) in [6.07, 6.45) is 3.96. The van der Waals surface area contributed by atoms with Gasteiger partial charge in [0, 0.05) is 36.6 Å². The summed E-state index contributed by atoms with van der Waals surface area (Å²) in [5.74, 6) is -0.313. The fourth-order valence-electron chi connectivity index (χ4n) is 4.01. The lowest BCUT2D eigenvalue weighted by Gasteiger charge is -2.42. The summed E-state index contributed by atoms with van der Waals surface area (Å²) < 4.78 is 1.83. The maximum atomic E-state index is 12.8. The van der Waals surface area contributed by atoms with Crippen molar-refractivity contribution < 1.29 is 14.7 Å². The van der Waals surface area contributed by atoms with Crippen LogP contribution in [0.3, 0.4) is 0 Å². The third-order valence-electron chi connectivity index (χ3n) is 5.75. The summed E-state index contributed by atoms with van der Waals surface area (Å²) in [7, 11) is 1.84. The first-order valence-corrected chi connectivity index (χ1v) is 9.81. The molecule has 2 aliphatic carbocycles. The number of carboxylic acid groups (broad SMARTS) is 1. The maximum absolute atomic E-state index is 12.8. The number of carbonyl (C=O) groups is 2. The molecule has 0 unspecified atom stereocenters. The van der Waals surface area contributed by atoms with E-state index in [2.05, 4.69) is 10.2 Å². The maximum Gasteiger partial charge on any atom is 0.317 e. The summed E-state index contributed by atoms with van der Waals surface area (Å²) in [6, 6.07) is 7.98. The first-order valence-electron chi connectivity index (χ1n) is 9.43. The Morgan fingerprint density at radius 2 is 2.00 bits per heavy atom. The quantitative estimate of drug-likeness (QED) is 0.763. The largest absolute Gasteiger partial charge is 0.480 e. The first kappa shape index (κ1) is 18.3. The predicted molar refractivity (Wildman–Crippen MR) is 104 cm³/mol. The number of halogens is 1. The number of aliphatic carboxylic acids is 1. The fourth-order valence-corrected chi connectivity index (χ4v) is 4.38. The van der Waals surface area contributed by atoms with Gasteiger partial charge in [-0.3, -0.25) is 14.5 Å². The predicted octanol–water partition coefficient (Wildman–Crippen LogP) is 2.89. The van der Waals surface area contributed by atoms with Crippen LogP contribution in [0.5, 0.6) is 0 Å². The second-order valence-electron chi connectivity index (χ2n) is 7.80. The van der Waals surface area contributed by atoms with Crippen molar-refractivity contribution >= 4 is 34.4 Å². The van der Waals surface area contributed by atoms with Crippen LogP contribution in [-0.4, -0.2) is 51.6 Å². The molecular weight excluding hydrogens is 366 g/mol. The van der Waals surface area contributed by atoms with Crippen molar-refractivity contribution in [2.75, 3.05) is 13.1 Å². The highest BCUT2D eigenvalue weighted by Crippen LogP contribution is 2.34. The standard InChI is InChI=1S/C20H24ClN3O3/c1-23-16-5-3-2-4-15(16)18(21)19(23)20(27)22-13-8-14(9-13)24(11-17(25)26)10-12-6-7-12/h2-5,12-14H,6-11H2,1H3,(H,22,27)(H,25,26). The minimum atomic E-state index is -0.787. The fraction of sp³-hybridized carbons (Fsp3) is 0.500. The Bertz CT molecular complexity index is 845. The first-order chi connectivity index (χ1) is 12.9. The zero-order valence-electron chi connectivity index (χ0n) is 15.3. The minimum absolute atomic E-state index is 0.0621. The lowest BCUT2D eigenvalue weighted by atomic mass is 9.85. The molecule has 0 spiro atoms. The Morgan fingerprint density at radius 1 is 1.30 bits per heavy atom. The number of amides is 1. The lowest BCUT2D eigenvalue weighted by molar-refractivity contribution is -0.139. The number of benzene rings is 1. The van der Waals surface area contributed by atoms with Crippen molar-refractivity contribution in [3.05, 3.63) is 35.0 Å². The number of aromatic nitrogens is 1. The van der Waals surface area contributed by atoms with Gasteiger partial charge < -0.3 is 15.0 Å². The van der Waals surface area contributed by atoms with Gasteiger partial charge in [0.2, 0.25) is 0 Å². The van der Waals surface area contributed by atoms with E-state index in [1.54, 1.807) is 0 Å². The number of aryl methyl sites for hydroxylation is 1. The van der Waals surface area contributed by atoms with E-state index in [0.717, 1.165) is 30.3 Å². The number of hydrogen-bond donors (Lipinski definition) is 2. The van der Waals surface area contributed by atoms with Crippen LogP contribution in [0, 0.1) is 5.92 Å². The number of carboxylic acids is 1. The van der Waals surface area contributed by atoms with E-state index in [0.29, 0.717) is 16.6 Å². The van der Waals surface area contributed by atoms with E-state index < -0.39 is 5.97 Å². The van der Waals surface area contributed by atoms with Gasteiger partial charge in [-0.25, -0.2) is 0 Å². The number of para-hydroxylation sites is 1. The van der Waals surface area contributed by atoms with Crippen molar-refractivity contribution in [1.82, 2.24) is 14.8 Å². The van der Waals surface area contributed by atoms with Crippen LogP contribution >= 0.6 is 11.6 Å². The second-order valence-corrected chi connectivity index (χ2v) is 8.18. The van der Waals surface area contributed by atoms with Gasteiger partial charge in [-0.1, -0.05) is 29.8 Å². The highest BCUT2D eigenvalue weighted by atomic mass is 35.5. The Hall–Kier alpha value is -2.05. The van der Waals surface area contributed by atoms with Crippen LogP contribution in [0.15, 0.2) is 24.3 Å². The van der Waals surface area contributed by atoms with Gasteiger partial charge in [0.1, 0.15) is 5.69 Å². The highest BCUT2D eigenvalue weighted by Gasteiger charge is 2.38. The zero-order valence-corrected chi connectivity index (χ0v) is 16.1. The molecule has 2 saturated carbocycles. The Morgan fingerprint density at radius 3 is 2.63 bits per heavy atom. The molecule has 2 aromatic rings. The van der Waals surface area contributed by atoms with Gasteiger partial charge in [-0.2, -0.15) is 0 Å². The number of hydrogen-bond acceptors (Lipinski definition) is 3. The molecule has 27 heavy (non-hydrogen) atoms. The Kier molecular flexibility index (Phi) is 4.86. The van der Waals surface area contributed by atoms with E-state index in [1.165, 1.54) is 12.8 Å². The average molecular weight is 390 g/mol. The third kappa shape index (κ3) is 3.69. The van der Waals surface area contributed by atoms with Crippen LogP contribution in [0.4, 0.5) is 0 Å². The van der Waals surface area contributed by atoms with Gasteiger partial charge in [0.15, 0.2) is 0 Å². The molecule has 1 heterocycles. The van der Waals surface area contributed by atoms with Crippen LogP contribution in [0.25, 0.3) is 10.9 Å². The molecule has 144 valence electrons. The van der Waals surface area contributed by atoms with Crippen molar-refractivity contribution in [1.29, 1.82) is 0 Å². The molecule has 0 bridgehead atoms. The summed E-state index contributed by atoms with van der Waals surface area (Å²) in [5.41, 5.74) is 1.40. The number of carbonyl (C=O) groups excluding carboxylic acids is 1. The van der Waals surface area contributed by atoms with Crippen molar-refractivity contribution in [3.63, 3.8) is 0 Å². The van der Waals surface area contributed by atoms with E-state index in [9.17, 15) is 9.59 Å². The molecule has 4 rings (SSSR count). The molecule has 1 aromatic carbocycles. The van der Waals surface area contributed by atoms with E-state index >= 15 is 0 Å². The van der Waals surface area contributed by atoms with Crippen LogP contribution in [0.1, 0.15) is 36.2 Å². The Labute approximate surface area is 163 Å². The van der Waals surface area contributed by atoms with Gasteiger partial charge >= 0.3 is 5.97 Å². The van der Waals surface area contributed by atoms with Crippen LogP contribution in [0.2, 0.25) is 5.02 Å². The molecule has 0 aliphatic heterocycles. The topological polar surface area (TPSA) is 74.6 Å². The minimum Gasteiger partial charge on any atom is -0.480 e. The number of nitrogens with one attached hydrogen (secondary N) is 1. The number of nitrogens with zero attached hydrogens (tertiary/aromatic N) is 2. The van der Waals surface area contributed by atoms with E-state index in [-0.39, 0.29) is 24.5 Å². The van der Waals surface area contributed by atoms with Crippen molar-refractivity contribution in [2.45, 2.75) is 37.8 Å². The number of rotatable bonds is 7. The molecule has 1 amide bonds. The molecule has 2 aliphatic rings. The van der Waals surface area contributed by atoms with Gasteiger partial charge in [-0.05, 0) is 37.7 Å². The van der Waals surface area contributed by atoms with Gasteiger partial charge in [0.05, 0.1) is 11.6 Å². The van der Waals surface area contributed by atoms with Gasteiger partial charge in [-0.15, -0.1) is 0 Å². The number of fused-ring (bicyclic) bond motifs is 1. The lowest BCUT2D eigenvalue weighted by Crippen LogP contribution is -2.55. The van der Waals surface area contributed by atoms with Crippen molar-refractivity contribution in [3.8, 4) is 0 Å². The highest BCUT2D eigenvalue weighted by molar-refractivity contribution is 6.38. The molecule has 2 fully saturated rings. The SMILES string of the molecule is Cn1c(C(=O)NC2CC(N(CC(=O)O)CC3CC3)C2)c(Cl)c2ccccc21. The molecule has 0 atom stereocenters. The molecule has 2 N–H and O–H groups in total. The third-order valence-corrected chi connectivity index (χ3v) is 6.14. The zero-order chi connectivity index (χ0) is 19.1. The van der Waals surface area contributed by atoms with E-state index in [1.807, 2.05) is 35.9 Å². The average Bonchev–Trinajstić information content (AvgIpc) is 3.36. The van der Waals surface area contributed by atoms with Crippen LogP contribution < -0.4 is 5.32 Å².